The highest BCUT2D eigenvalue weighted by Gasteiger charge is 2.58. The van der Waals surface area contributed by atoms with Crippen LogP contribution < -0.4 is 0 Å². The van der Waals surface area contributed by atoms with Crippen molar-refractivity contribution in [3.63, 3.8) is 0 Å². The van der Waals surface area contributed by atoms with E-state index >= 15 is 0 Å². The number of allylic oxidation sites excluding steroid dienone is 9. The lowest BCUT2D eigenvalue weighted by molar-refractivity contribution is 0.130. The molecular weight excluding hydrogens is 288 g/mol. The summed E-state index contributed by atoms with van der Waals surface area (Å²) in [6.45, 7) is 0. The van der Waals surface area contributed by atoms with Crippen LogP contribution in [0.2, 0.25) is 0 Å². The van der Waals surface area contributed by atoms with E-state index in [9.17, 15) is 0 Å². The van der Waals surface area contributed by atoms with Gasteiger partial charge in [0.2, 0.25) is 0 Å². The molecule has 0 heterocycles. The Kier molecular flexibility index (Phi) is 2.02. The van der Waals surface area contributed by atoms with Crippen LogP contribution in [0.15, 0.2) is 66.8 Å². The molecule has 1 aromatic rings. The highest BCUT2D eigenvalue weighted by Crippen LogP contribution is 2.68. The summed E-state index contributed by atoms with van der Waals surface area (Å²) >= 11 is 0. The van der Waals surface area contributed by atoms with Crippen LogP contribution in [0.1, 0.15) is 40.0 Å². The second kappa shape index (κ2) is 3.94. The Morgan fingerprint density at radius 3 is 1.79 bits per heavy atom. The summed E-state index contributed by atoms with van der Waals surface area (Å²) in [7, 11) is 0. The molecule has 0 aromatic heterocycles. The summed E-state index contributed by atoms with van der Waals surface area (Å²) in [5.41, 5.74) is 6.65. The molecule has 24 heavy (non-hydrogen) atoms. The van der Waals surface area contributed by atoms with Crippen LogP contribution in [0.25, 0.3) is 6.08 Å². The Bertz CT molecular complexity index is 922. The molecular formula is C24H20. The molecule has 0 aliphatic heterocycles. The Labute approximate surface area is 143 Å². The van der Waals surface area contributed by atoms with E-state index in [4.69, 9.17) is 0 Å². The van der Waals surface area contributed by atoms with Gasteiger partial charge in [0.15, 0.2) is 0 Å². The van der Waals surface area contributed by atoms with Crippen LogP contribution in [-0.4, -0.2) is 0 Å². The van der Waals surface area contributed by atoms with Crippen molar-refractivity contribution in [2.75, 3.05) is 0 Å². The molecule has 7 aliphatic carbocycles. The van der Waals surface area contributed by atoms with Gasteiger partial charge in [0.25, 0.3) is 0 Å². The average Bonchev–Trinajstić information content (AvgIpc) is 2.62. The van der Waals surface area contributed by atoms with Crippen molar-refractivity contribution in [2.45, 2.75) is 17.8 Å². The maximum absolute atomic E-state index is 2.53. The predicted molar refractivity (Wildman–Crippen MR) is 97.7 cm³/mol. The van der Waals surface area contributed by atoms with Crippen molar-refractivity contribution in [3.8, 4) is 0 Å². The van der Waals surface area contributed by atoms with E-state index in [2.05, 4.69) is 72.9 Å². The van der Waals surface area contributed by atoms with Crippen molar-refractivity contribution in [2.24, 2.45) is 29.6 Å². The number of fused-ring (bicyclic) bond motifs is 6. The van der Waals surface area contributed by atoms with Crippen molar-refractivity contribution in [1.29, 1.82) is 0 Å². The molecule has 0 nitrogen and oxygen atoms in total. The molecule has 2 bridgehead atoms. The third-order valence-corrected chi connectivity index (χ3v) is 7.83. The number of hydrogen-bond acceptors (Lipinski definition) is 0. The van der Waals surface area contributed by atoms with Crippen molar-refractivity contribution < 1.29 is 0 Å². The summed E-state index contributed by atoms with van der Waals surface area (Å²) < 4.78 is 0. The fraction of sp³-hybridized carbons (Fsp3) is 0.333. The third-order valence-electron chi connectivity index (χ3n) is 7.83. The summed E-state index contributed by atoms with van der Waals surface area (Å²) in [6.07, 6.45) is 23.9. The van der Waals surface area contributed by atoms with Gasteiger partial charge in [-0.3, -0.25) is 0 Å². The van der Waals surface area contributed by atoms with Crippen molar-refractivity contribution in [1.82, 2.24) is 0 Å². The van der Waals surface area contributed by atoms with Crippen molar-refractivity contribution >= 4 is 6.08 Å². The second-order valence-corrected chi connectivity index (χ2v) is 8.43. The van der Waals surface area contributed by atoms with E-state index in [0.717, 1.165) is 47.3 Å². The van der Waals surface area contributed by atoms with Crippen LogP contribution in [-0.2, 0) is 0 Å². The van der Waals surface area contributed by atoms with E-state index in [1.165, 1.54) is 0 Å². The van der Waals surface area contributed by atoms with E-state index in [1.54, 1.807) is 22.3 Å². The van der Waals surface area contributed by atoms with Crippen LogP contribution >= 0.6 is 0 Å². The Balaban J connectivity index is 1.43. The number of rotatable bonds is 0. The zero-order valence-corrected chi connectivity index (χ0v) is 13.5. The predicted octanol–water partition coefficient (Wildman–Crippen LogP) is 5.34. The molecule has 0 radical (unpaired) electrons. The molecule has 0 N–H and O–H groups in total. The van der Waals surface area contributed by atoms with Gasteiger partial charge in [-0.15, -0.1) is 0 Å². The smallest absolute Gasteiger partial charge is 0.00122 e. The number of benzene rings is 1. The molecule has 8 rings (SSSR count). The first-order valence-corrected chi connectivity index (χ1v) is 9.48. The number of hydrogen-bond donors (Lipinski definition) is 0. The SMILES string of the molecule is C1=CC2C(C=C1)C1c3c4ccc(c3C=CC21)C1C2C=CC=CC2C41. The lowest BCUT2D eigenvalue weighted by Crippen LogP contribution is -2.50. The largest absolute Gasteiger partial charge is 0.0802 e. The van der Waals surface area contributed by atoms with Crippen LogP contribution in [0.3, 0.4) is 0 Å². The van der Waals surface area contributed by atoms with Gasteiger partial charge in [-0.05, 0) is 69.6 Å². The summed E-state index contributed by atoms with van der Waals surface area (Å²) in [4.78, 5) is 0. The monoisotopic (exact) mass is 308 g/mol. The lowest BCUT2D eigenvalue weighted by atomic mass is 9.43. The van der Waals surface area contributed by atoms with Gasteiger partial charge in [0.1, 0.15) is 0 Å². The Hall–Kier alpha value is -2.08. The molecule has 116 valence electrons. The molecule has 0 amide bonds. The molecule has 7 aliphatic rings. The molecule has 0 saturated heterocycles. The van der Waals surface area contributed by atoms with E-state index in [-0.39, 0.29) is 0 Å². The summed E-state index contributed by atoms with van der Waals surface area (Å²) in [6, 6.07) is 4.92. The maximum Gasteiger partial charge on any atom is -0.00122 e. The first kappa shape index (κ1) is 12.3. The third kappa shape index (κ3) is 1.17. The second-order valence-electron chi connectivity index (χ2n) is 8.43. The van der Waals surface area contributed by atoms with E-state index < -0.39 is 0 Å². The highest BCUT2D eigenvalue weighted by molar-refractivity contribution is 5.71. The molecule has 8 unspecified atom stereocenters. The molecule has 0 heteroatoms. The van der Waals surface area contributed by atoms with Crippen molar-refractivity contribution in [3.05, 3.63) is 89.1 Å². The first-order chi connectivity index (χ1) is 11.9. The van der Waals surface area contributed by atoms with Gasteiger partial charge in [-0.25, -0.2) is 0 Å². The minimum atomic E-state index is 0.729. The van der Waals surface area contributed by atoms with Crippen LogP contribution in [0.5, 0.6) is 0 Å². The standard InChI is InChI=1S/C24H20/c1-2-6-14-13(5-1)17-9-10-19-18-11-12-20(24(19)21(14)17)23-16-8-4-3-7-15(16)22(18)23/h1-17,21-23H. The quantitative estimate of drug-likeness (QED) is 0.607. The fourth-order valence-corrected chi connectivity index (χ4v) is 6.88. The molecule has 2 saturated carbocycles. The molecule has 2 fully saturated rings. The zero-order chi connectivity index (χ0) is 15.4. The van der Waals surface area contributed by atoms with E-state index in [1.807, 2.05) is 0 Å². The van der Waals surface area contributed by atoms with Gasteiger partial charge in [-0.1, -0.05) is 72.9 Å². The van der Waals surface area contributed by atoms with Gasteiger partial charge in [0, 0.05) is 0 Å². The topological polar surface area (TPSA) is 0 Å². The minimum Gasteiger partial charge on any atom is -0.0802 e. The highest BCUT2D eigenvalue weighted by atomic mass is 14.6. The average molecular weight is 308 g/mol. The summed E-state index contributed by atoms with van der Waals surface area (Å²) in [5.74, 6) is 5.90. The van der Waals surface area contributed by atoms with Gasteiger partial charge < -0.3 is 0 Å². The minimum absolute atomic E-state index is 0.729. The fourth-order valence-electron chi connectivity index (χ4n) is 6.88. The van der Waals surface area contributed by atoms with Gasteiger partial charge in [-0.2, -0.15) is 0 Å². The molecule has 0 spiro atoms. The van der Waals surface area contributed by atoms with Crippen LogP contribution in [0.4, 0.5) is 0 Å². The molecule has 8 atom stereocenters. The van der Waals surface area contributed by atoms with Gasteiger partial charge in [0.05, 0.1) is 0 Å². The van der Waals surface area contributed by atoms with Crippen LogP contribution in [0, 0.1) is 29.6 Å². The first-order valence-electron chi connectivity index (χ1n) is 9.48. The lowest BCUT2D eigenvalue weighted by Gasteiger charge is -2.60. The Morgan fingerprint density at radius 1 is 0.500 bits per heavy atom. The van der Waals surface area contributed by atoms with Gasteiger partial charge >= 0.3 is 0 Å². The van der Waals surface area contributed by atoms with E-state index in [0.29, 0.717) is 0 Å². The summed E-state index contributed by atoms with van der Waals surface area (Å²) in [5, 5.41) is 0. The zero-order valence-electron chi connectivity index (χ0n) is 13.5. The maximum atomic E-state index is 2.53. The normalized spacial score (nSPS) is 46.3. The Morgan fingerprint density at radius 2 is 1.04 bits per heavy atom. The molecule has 1 aromatic carbocycles.